The molecular weight excluding hydrogens is 396 g/mol. The van der Waals surface area contributed by atoms with Gasteiger partial charge in [0, 0.05) is 10.4 Å². The zero-order valence-electron chi connectivity index (χ0n) is 14.5. The Morgan fingerprint density at radius 2 is 2.00 bits per heavy atom. The Balaban J connectivity index is 1.81. The smallest absolute Gasteiger partial charge is 0.387 e. The van der Waals surface area contributed by atoms with Crippen LogP contribution in [0.25, 0.3) is 11.3 Å². The second-order valence-corrected chi connectivity index (χ2v) is 6.79. The Bertz CT molecular complexity index is 1030. The van der Waals surface area contributed by atoms with Crippen molar-refractivity contribution in [1.29, 1.82) is 0 Å². The van der Waals surface area contributed by atoms with Crippen LogP contribution in [0.15, 0.2) is 24.3 Å². The number of hydrogen-bond donors (Lipinski definition) is 2. The van der Waals surface area contributed by atoms with Gasteiger partial charge in [-0.15, -0.1) is 11.3 Å². The molecule has 1 aromatic carbocycles. The molecule has 0 spiro atoms. The lowest BCUT2D eigenvalue weighted by molar-refractivity contribution is -0.385. The summed E-state index contributed by atoms with van der Waals surface area (Å²) in [7, 11) is 0. The Labute approximate surface area is 160 Å². The molecule has 2 aromatic heterocycles. The summed E-state index contributed by atoms with van der Waals surface area (Å²) in [5.74, 6) is -0.751. The van der Waals surface area contributed by atoms with E-state index in [0.29, 0.717) is 11.3 Å². The highest BCUT2D eigenvalue weighted by Gasteiger charge is 2.28. The molecule has 0 aliphatic rings. The number of rotatable bonds is 6. The number of benzene rings is 1. The number of halogens is 2. The van der Waals surface area contributed by atoms with Gasteiger partial charge in [0.2, 0.25) is 5.69 Å². The monoisotopic (exact) mass is 409 g/mol. The first-order chi connectivity index (χ1) is 13.3. The third kappa shape index (κ3) is 3.96. The van der Waals surface area contributed by atoms with E-state index in [1.807, 2.05) is 0 Å². The molecular formula is C16H13F2N5O4S. The minimum atomic E-state index is -2.91. The molecule has 0 bridgehead atoms. The predicted molar refractivity (Wildman–Crippen MR) is 96.9 cm³/mol. The van der Waals surface area contributed by atoms with Gasteiger partial charge in [0.05, 0.1) is 10.6 Å². The Morgan fingerprint density at radius 1 is 1.32 bits per heavy atom. The average molecular weight is 409 g/mol. The third-order valence-electron chi connectivity index (χ3n) is 3.68. The fourth-order valence-electron chi connectivity index (χ4n) is 2.47. The van der Waals surface area contributed by atoms with E-state index in [4.69, 9.17) is 0 Å². The number of thiazole rings is 1. The largest absolute Gasteiger partial charge is 0.435 e. The number of hydrogen-bond acceptors (Lipinski definition) is 7. The zero-order valence-corrected chi connectivity index (χ0v) is 15.3. The van der Waals surface area contributed by atoms with Crippen LogP contribution in [0.1, 0.15) is 21.1 Å². The van der Waals surface area contributed by atoms with Crippen LogP contribution < -0.4 is 10.1 Å². The molecule has 2 N–H and O–H groups in total. The lowest BCUT2D eigenvalue weighted by Crippen LogP contribution is -2.14. The number of H-pyrrole nitrogens is 1. The second kappa shape index (κ2) is 7.68. The summed E-state index contributed by atoms with van der Waals surface area (Å²) in [5, 5.41) is 19.9. The molecule has 12 heteroatoms. The Morgan fingerprint density at radius 3 is 2.61 bits per heavy atom. The SMILES string of the molecule is Cc1[nH]nc(C(=O)Nc2nc(-c3ccc(OC(F)F)cc3)c(C)s2)c1[N+](=O)[O-]. The van der Waals surface area contributed by atoms with Crippen LogP contribution >= 0.6 is 11.3 Å². The maximum Gasteiger partial charge on any atom is 0.387 e. The minimum Gasteiger partial charge on any atom is -0.435 e. The minimum absolute atomic E-state index is 0.0152. The van der Waals surface area contributed by atoms with E-state index >= 15 is 0 Å². The lowest BCUT2D eigenvalue weighted by Gasteiger charge is -2.05. The summed E-state index contributed by atoms with van der Waals surface area (Å²) >= 11 is 1.17. The van der Waals surface area contributed by atoms with Crippen molar-refractivity contribution in [2.75, 3.05) is 5.32 Å². The number of carbonyl (C=O) groups is 1. The molecule has 0 aliphatic heterocycles. The maximum atomic E-state index is 12.3. The standard InChI is InChI=1S/C16H13F2N5O4S/c1-7-13(23(25)26)12(22-21-7)14(24)20-16-19-11(8(2)28-16)9-3-5-10(6-4-9)27-15(17)18/h3-6,15H,1-2H3,(H,21,22)(H,19,20,24). The molecule has 0 unspecified atom stereocenters. The fourth-order valence-corrected chi connectivity index (χ4v) is 3.30. The molecule has 1 amide bonds. The molecule has 146 valence electrons. The van der Waals surface area contributed by atoms with Crippen LogP contribution in [0, 0.1) is 24.0 Å². The van der Waals surface area contributed by atoms with Crippen molar-refractivity contribution in [3.63, 3.8) is 0 Å². The van der Waals surface area contributed by atoms with Crippen molar-refractivity contribution in [3.05, 3.63) is 50.6 Å². The number of aromatic nitrogens is 3. The van der Waals surface area contributed by atoms with Gasteiger partial charge in [-0.05, 0) is 38.1 Å². The molecule has 9 nitrogen and oxygen atoms in total. The quantitative estimate of drug-likeness (QED) is 0.470. The molecule has 3 aromatic rings. The summed E-state index contributed by atoms with van der Waals surface area (Å²) in [5.41, 5.74) is 0.595. The highest BCUT2D eigenvalue weighted by molar-refractivity contribution is 7.16. The van der Waals surface area contributed by atoms with E-state index in [1.54, 1.807) is 19.1 Å². The van der Waals surface area contributed by atoms with Gasteiger partial charge in [0.15, 0.2) is 5.13 Å². The molecule has 28 heavy (non-hydrogen) atoms. The van der Waals surface area contributed by atoms with Crippen molar-refractivity contribution in [2.45, 2.75) is 20.5 Å². The van der Waals surface area contributed by atoms with Crippen LogP contribution in [0.3, 0.4) is 0 Å². The van der Waals surface area contributed by atoms with E-state index in [9.17, 15) is 23.7 Å². The van der Waals surface area contributed by atoms with Crippen molar-refractivity contribution in [3.8, 4) is 17.0 Å². The highest BCUT2D eigenvalue weighted by Crippen LogP contribution is 2.32. The lowest BCUT2D eigenvalue weighted by atomic mass is 10.1. The molecule has 0 radical (unpaired) electrons. The van der Waals surface area contributed by atoms with Crippen LogP contribution in [0.5, 0.6) is 5.75 Å². The first kappa shape index (κ1) is 19.4. The van der Waals surface area contributed by atoms with Gasteiger partial charge in [0.25, 0.3) is 5.91 Å². The molecule has 0 saturated carbocycles. The fraction of sp³-hybridized carbons (Fsp3) is 0.188. The van der Waals surface area contributed by atoms with Gasteiger partial charge in [-0.25, -0.2) is 4.98 Å². The third-order valence-corrected chi connectivity index (χ3v) is 4.57. The van der Waals surface area contributed by atoms with Gasteiger partial charge < -0.3 is 4.74 Å². The molecule has 0 aliphatic carbocycles. The van der Waals surface area contributed by atoms with E-state index in [0.717, 1.165) is 4.88 Å². The number of nitrogens with one attached hydrogen (secondary N) is 2. The number of anilines is 1. The van der Waals surface area contributed by atoms with Crippen molar-refractivity contribution < 1.29 is 23.2 Å². The van der Waals surface area contributed by atoms with Gasteiger partial charge in [-0.2, -0.15) is 13.9 Å². The van der Waals surface area contributed by atoms with E-state index in [2.05, 4.69) is 25.2 Å². The normalized spacial score (nSPS) is 10.9. The summed E-state index contributed by atoms with van der Waals surface area (Å²) < 4.78 is 28.8. The molecule has 3 rings (SSSR count). The predicted octanol–water partition coefficient (Wildman–Crippen LogP) is 3.91. The van der Waals surface area contributed by atoms with E-state index in [1.165, 1.54) is 30.4 Å². The van der Waals surface area contributed by atoms with E-state index in [-0.39, 0.29) is 22.3 Å². The number of carbonyl (C=O) groups excluding carboxylic acids is 1. The number of nitrogens with zero attached hydrogens (tertiary/aromatic N) is 3. The Hall–Kier alpha value is -3.41. The van der Waals surface area contributed by atoms with Gasteiger partial charge >= 0.3 is 12.3 Å². The maximum absolute atomic E-state index is 12.3. The van der Waals surface area contributed by atoms with E-state index < -0.39 is 23.1 Å². The van der Waals surface area contributed by atoms with Crippen molar-refractivity contribution in [2.24, 2.45) is 0 Å². The van der Waals surface area contributed by atoms with Gasteiger partial charge in [-0.3, -0.25) is 25.3 Å². The average Bonchev–Trinajstić information content (AvgIpc) is 3.18. The summed E-state index contributed by atoms with van der Waals surface area (Å²) in [6, 6.07) is 5.89. The number of aryl methyl sites for hydroxylation is 2. The summed E-state index contributed by atoms with van der Waals surface area (Å²) in [6.45, 7) is 0.297. The first-order valence-electron chi connectivity index (χ1n) is 7.79. The molecule has 0 fully saturated rings. The van der Waals surface area contributed by atoms with Crippen LogP contribution in [0.4, 0.5) is 19.6 Å². The molecule has 0 atom stereocenters. The summed E-state index contributed by atoms with van der Waals surface area (Å²) in [6.07, 6.45) is 0. The van der Waals surface area contributed by atoms with Gasteiger partial charge in [0.1, 0.15) is 11.4 Å². The Kier molecular flexibility index (Phi) is 5.31. The van der Waals surface area contributed by atoms with Crippen LogP contribution in [0.2, 0.25) is 0 Å². The number of aromatic amines is 1. The molecule has 2 heterocycles. The summed E-state index contributed by atoms with van der Waals surface area (Å²) in [4.78, 5) is 27.8. The zero-order chi connectivity index (χ0) is 20.4. The second-order valence-electron chi connectivity index (χ2n) is 5.58. The van der Waals surface area contributed by atoms with Gasteiger partial charge in [-0.1, -0.05) is 0 Å². The number of amides is 1. The number of nitro groups is 1. The van der Waals surface area contributed by atoms with Crippen molar-refractivity contribution in [1.82, 2.24) is 15.2 Å². The highest BCUT2D eigenvalue weighted by atomic mass is 32.1. The first-order valence-corrected chi connectivity index (χ1v) is 8.61. The van der Waals surface area contributed by atoms with Crippen LogP contribution in [-0.2, 0) is 0 Å². The topological polar surface area (TPSA) is 123 Å². The van der Waals surface area contributed by atoms with Crippen molar-refractivity contribution >= 4 is 28.1 Å². The molecule has 0 saturated heterocycles. The van der Waals surface area contributed by atoms with Crippen LogP contribution in [-0.4, -0.2) is 32.6 Å². The number of alkyl halides is 2. The number of ether oxygens (including phenoxy) is 1.